The van der Waals surface area contributed by atoms with Crippen molar-refractivity contribution in [1.82, 2.24) is 10.6 Å². The highest BCUT2D eigenvalue weighted by atomic mass is 19.4. The predicted molar refractivity (Wildman–Crippen MR) is 71.5 cm³/mol. The summed E-state index contributed by atoms with van der Waals surface area (Å²) in [7, 11) is 0. The van der Waals surface area contributed by atoms with Crippen LogP contribution >= 0.6 is 0 Å². The Hall–Kier alpha value is -1.56. The van der Waals surface area contributed by atoms with E-state index in [4.69, 9.17) is 0 Å². The predicted octanol–water partition coefficient (Wildman–Crippen LogP) is 2.63. The van der Waals surface area contributed by atoms with Gasteiger partial charge >= 0.3 is 6.18 Å². The quantitative estimate of drug-likeness (QED) is 0.897. The first-order valence-electron chi connectivity index (χ1n) is 7.16. The van der Waals surface area contributed by atoms with E-state index in [1.807, 2.05) is 0 Å². The van der Waals surface area contributed by atoms with Crippen molar-refractivity contribution in [2.24, 2.45) is 5.92 Å². The van der Waals surface area contributed by atoms with Gasteiger partial charge in [-0.1, -0.05) is 12.1 Å². The zero-order chi connectivity index (χ0) is 15.0. The summed E-state index contributed by atoms with van der Waals surface area (Å²) < 4.78 is 38.5. The van der Waals surface area contributed by atoms with Crippen molar-refractivity contribution in [2.75, 3.05) is 6.54 Å². The molecule has 0 aromatic heterocycles. The lowest BCUT2D eigenvalue weighted by molar-refractivity contribution is -0.137. The lowest BCUT2D eigenvalue weighted by atomic mass is 9.98. The van der Waals surface area contributed by atoms with E-state index in [2.05, 4.69) is 10.6 Å². The van der Waals surface area contributed by atoms with Crippen molar-refractivity contribution in [3.8, 4) is 0 Å². The molecule has 1 aliphatic carbocycles. The van der Waals surface area contributed by atoms with Crippen molar-refractivity contribution < 1.29 is 18.0 Å². The van der Waals surface area contributed by atoms with Crippen LogP contribution in [-0.2, 0) is 11.0 Å². The van der Waals surface area contributed by atoms with Crippen LogP contribution < -0.4 is 10.6 Å². The Labute approximate surface area is 120 Å². The van der Waals surface area contributed by atoms with Crippen molar-refractivity contribution in [3.63, 3.8) is 0 Å². The van der Waals surface area contributed by atoms with Crippen molar-refractivity contribution in [1.29, 1.82) is 0 Å². The number of nitrogens with one attached hydrogen (secondary N) is 2. The minimum absolute atomic E-state index is 0.0624. The molecule has 1 heterocycles. The third-order valence-electron chi connectivity index (χ3n) is 4.10. The zero-order valence-corrected chi connectivity index (χ0v) is 11.4. The van der Waals surface area contributed by atoms with Crippen LogP contribution in [0.4, 0.5) is 13.2 Å². The van der Waals surface area contributed by atoms with Crippen LogP contribution in [0.3, 0.4) is 0 Å². The van der Waals surface area contributed by atoms with Gasteiger partial charge in [0.25, 0.3) is 0 Å². The SMILES string of the molecule is O=C1NCC[C@@H]1N[C@H](c1cccc(C(F)(F)F)c1)C1CC1. The van der Waals surface area contributed by atoms with E-state index in [0.717, 1.165) is 18.9 Å². The Bertz CT molecular complexity index is 540. The monoisotopic (exact) mass is 298 g/mol. The molecule has 2 aliphatic rings. The second-order valence-electron chi connectivity index (χ2n) is 5.74. The van der Waals surface area contributed by atoms with E-state index < -0.39 is 11.7 Å². The number of rotatable bonds is 4. The molecule has 3 rings (SSSR count). The van der Waals surface area contributed by atoms with E-state index in [-0.39, 0.29) is 18.0 Å². The number of carbonyl (C=O) groups is 1. The molecule has 0 radical (unpaired) electrons. The Balaban J connectivity index is 1.82. The molecule has 1 aliphatic heterocycles. The molecule has 2 fully saturated rings. The number of alkyl halides is 3. The number of carbonyl (C=O) groups excluding carboxylic acids is 1. The molecule has 1 aromatic carbocycles. The molecule has 2 N–H and O–H groups in total. The Morgan fingerprint density at radius 1 is 1.24 bits per heavy atom. The molecule has 6 heteroatoms. The maximum absolute atomic E-state index is 12.8. The van der Waals surface area contributed by atoms with E-state index in [1.54, 1.807) is 6.07 Å². The molecule has 1 amide bonds. The van der Waals surface area contributed by atoms with Crippen LogP contribution in [0.25, 0.3) is 0 Å². The van der Waals surface area contributed by atoms with Gasteiger partial charge in [0, 0.05) is 12.6 Å². The van der Waals surface area contributed by atoms with Gasteiger partial charge in [0.15, 0.2) is 0 Å². The van der Waals surface area contributed by atoms with E-state index in [1.165, 1.54) is 12.1 Å². The summed E-state index contributed by atoms with van der Waals surface area (Å²) in [6, 6.07) is 4.94. The second kappa shape index (κ2) is 5.33. The maximum atomic E-state index is 12.8. The number of halogens is 3. The summed E-state index contributed by atoms with van der Waals surface area (Å²) in [6.45, 7) is 0.622. The highest BCUT2D eigenvalue weighted by Gasteiger charge is 2.37. The first-order valence-corrected chi connectivity index (χ1v) is 7.16. The summed E-state index contributed by atoms with van der Waals surface area (Å²) in [5, 5.41) is 5.98. The smallest absolute Gasteiger partial charge is 0.355 e. The summed E-state index contributed by atoms with van der Waals surface area (Å²) in [5.74, 6) is 0.259. The fraction of sp³-hybridized carbons (Fsp3) is 0.533. The Morgan fingerprint density at radius 3 is 2.57 bits per heavy atom. The first-order chi connectivity index (χ1) is 9.95. The van der Waals surface area contributed by atoms with Gasteiger partial charge in [0.2, 0.25) is 5.91 Å². The Kier molecular flexibility index (Phi) is 3.65. The molecule has 0 spiro atoms. The van der Waals surface area contributed by atoms with E-state index in [9.17, 15) is 18.0 Å². The molecule has 21 heavy (non-hydrogen) atoms. The van der Waals surface area contributed by atoms with Crippen LogP contribution in [-0.4, -0.2) is 18.5 Å². The molecular weight excluding hydrogens is 281 g/mol. The average Bonchev–Trinajstić information content (AvgIpc) is 3.19. The van der Waals surface area contributed by atoms with Crippen LogP contribution in [0.5, 0.6) is 0 Å². The minimum Gasteiger partial charge on any atom is -0.355 e. The summed E-state index contributed by atoms with van der Waals surface area (Å²) >= 11 is 0. The fourth-order valence-electron chi connectivity index (χ4n) is 2.81. The maximum Gasteiger partial charge on any atom is 0.416 e. The molecular formula is C15H17F3N2O. The highest BCUT2D eigenvalue weighted by molar-refractivity contribution is 5.83. The number of hydrogen-bond acceptors (Lipinski definition) is 2. The third-order valence-corrected chi connectivity index (χ3v) is 4.10. The largest absolute Gasteiger partial charge is 0.416 e. The summed E-state index contributed by atoms with van der Waals surface area (Å²) in [5.41, 5.74) is -0.0182. The van der Waals surface area contributed by atoms with Crippen molar-refractivity contribution in [2.45, 2.75) is 37.5 Å². The van der Waals surface area contributed by atoms with Gasteiger partial charge in [-0.2, -0.15) is 13.2 Å². The number of benzene rings is 1. The van der Waals surface area contributed by atoms with Gasteiger partial charge in [0.05, 0.1) is 11.6 Å². The average molecular weight is 298 g/mol. The Morgan fingerprint density at radius 2 is 2.00 bits per heavy atom. The molecule has 114 valence electrons. The van der Waals surface area contributed by atoms with Crippen LogP contribution in [0.15, 0.2) is 24.3 Å². The van der Waals surface area contributed by atoms with Gasteiger partial charge in [-0.3, -0.25) is 10.1 Å². The normalized spacial score (nSPS) is 24.0. The third kappa shape index (κ3) is 3.20. The zero-order valence-electron chi connectivity index (χ0n) is 11.4. The van der Waals surface area contributed by atoms with Gasteiger partial charge in [0.1, 0.15) is 0 Å². The van der Waals surface area contributed by atoms with Gasteiger partial charge < -0.3 is 5.32 Å². The lowest BCUT2D eigenvalue weighted by Crippen LogP contribution is -2.39. The first kappa shape index (κ1) is 14.4. The molecule has 1 aromatic rings. The van der Waals surface area contributed by atoms with Gasteiger partial charge in [-0.05, 0) is 42.9 Å². The van der Waals surface area contributed by atoms with Crippen LogP contribution in [0.2, 0.25) is 0 Å². The number of amides is 1. The molecule has 0 bridgehead atoms. The molecule has 1 saturated heterocycles. The standard InChI is InChI=1S/C15H17F3N2O/c16-15(17,18)11-3-1-2-10(8-11)13(9-4-5-9)20-12-6-7-19-14(12)21/h1-3,8-9,12-13,20H,4-7H2,(H,19,21)/t12-,13-/m0/s1. The van der Waals surface area contributed by atoms with Crippen molar-refractivity contribution >= 4 is 5.91 Å². The lowest BCUT2D eigenvalue weighted by Gasteiger charge is -2.23. The van der Waals surface area contributed by atoms with Gasteiger partial charge in [-0.25, -0.2) is 0 Å². The molecule has 1 saturated carbocycles. The molecule has 2 atom stereocenters. The number of hydrogen-bond donors (Lipinski definition) is 2. The van der Waals surface area contributed by atoms with Gasteiger partial charge in [-0.15, -0.1) is 0 Å². The highest BCUT2D eigenvalue weighted by Crippen LogP contribution is 2.42. The van der Waals surface area contributed by atoms with Crippen LogP contribution in [0.1, 0.15) is 36.4 Å². The van der Waals surface area contributed by atoms with E-state index in [0.29, 0.717) is 24.4 Å². The van der Waals surface area contributed by atoms with Crippen molar-refractivity contribution in [3.05, 3.63) is 35.4 Å². The molecule has 3 nitrogen and oxygen atoms in total. The summed E-state index contributed by atoms with van der Waals surface area (Å²) in [6.07, 6.45) is -1.68. The second-order valence-corrected chi connectivity index (χ2v) is 5.74. The minimum atomic E-state index is -4.34. The van der Waals surface area contributed by atoms with E-state index >= 15 is 0 Å². The topological polar surface area (TPSA) is 41.1 Å². The fourth-order valence-corrected chi connectivity index (χ4v) is 2.81. The van der Waals surface area contributed by atoms with Crippen LogP contribution in [0, 0.1) is 5.92 Å². The molecule has 0 unspecified atom stereocenters. The summed E-state index contributed by atoms with van der Waals surface area (Å²) in [4.78, 5) is 11.7.